The Morgan fingerprint density at radius 1 is 1.30 bits per heavy atom. The average Bonchev–Trinajstić information content (AvgIpc) is 3.42. The number of hydrogen-bond acceptors (Lipinski definition) is 7. The van der Waals surface area contributed by atoms with Crippen LogP contribution in [0.3, 0.4) is 0 Å². The topological polar surface area (TPSA) is 85.4 Å². The number of fused-ring (bicyclic) bond motifs is 1. The maximum Gasteiger partial charge on any atom is 0.237 e. The Bertz CT molecular complexity index is 1070. The fraction of sp³-hybridized carbons (Fsp3) is 0.409. The average molecular weight is 427 g/mol. The van der Waals surface area contributed by atoms with Gasteiger partial charge in [-0.05, 0) is 18.1 Å². The molecule has 3 aromatic rings. The third-order valence-electron chi connectivity index (χ3n) is 5.26. The predicted octanol–water partition coefficient (Wildman–Crippen LogP) is 3.35. The summed E-state index contributed by atoms with van der Waals surface area (Å²) in [5.41, 5.74) is 2.62. The summed E-state index contributed by atoms with van der Waals surface area (Å²) in [6.45, 7) is 4.87. The third-order valence-corrected chi connectivity index (χ3v) is 6.14. The van der Waals surface area contributed by atoms with Crippen LogP contribution in [0, 0.1) is 0 Å². The van der Waals surface area contributed by atoms with Gasteiger partial charge in [-0.3, -0.25) is 4.79 Å². The fourth-order valence-electron chi connectivity index (χ4n) is 3.53. The summed E-state index contributed by atoms with van der Waals surface area (Å²) in [4.78, 5) is 21.5. The lowest BCUT2D eigenvalue weighted by atomic mass is 10.1. The third kappa shape index (κ3) is 4.11. The standard InChI is InChI=1S/C22H26N4O3S/c1-12(2)19-11-30-22(26-19)18-9-20(15-6-5-13(28-4)7-16(15)25-18)29-14-8-17(24-10-14)21(27)23-3/h5-7,9,11-12,14,17,24H,8,10H2,1-4H3,(H,23,27). The van der Waals surface area contributed by atoms with E-state index in [-0.39, 0.29) is 18.1 Å². The number of nitrogens with zero attached hydrogens (tertiary/aromatic N) is 2. The van der Waals surface area contributed by atoms with Crippen molar-refractivity contribution in [2.24, 2.45) is 0 Å². The van der Waals surface area contributed by atoms with E-state index in [4.69, 9.17) is 19.4 Å². The lowest BCUT2D eigenvalue weighted by Crippen LogP contribution is -2.38. The maximum absolute atomic E-state index is 11.9. The number of hydrogen-bond donors (Lipinski definition) is 2. The van der Waals surface area contributed by atoms with Crippen LogP contribution < -0.4 is 20.1 Å². The quantitative estimate of drug-likeness (QED) is 0.629. The van der Waals surface area contributed by atoms with Gasteiger partial charge in [-0.25, -0.2) is 9.97 Å². The number of pyridine rings is 1. The van der Waals surface area contributed by atoms with Crippen molar-refractivity contribution >= 4 is 28.1 Å². The van der Waals surface area contributed by atoms with Gasteiger partial charge in [0.05, 0.1) is 24.4 Å². The Hall–Kier alpha value is -2.71. The van der Waals surface area contributed by atoms with Gasteiger partial charge in [-0.15, -0.1) is 11.3 Å². The Labute approximate surface area is 179 Å². The van der Waals surface area contributed by atoms with E-state index in [1.54, 1.807) is 25.5 Å². The van der Waals surface area contributed by atoms with Crippen molar-refractivity contribution in [3.05, 3.63) is 35.3 Å². The SMILES string of the molecule is CNC(=O)C1CC(Oc2cc(-c3nc(C(C)C)cs3)nc3cc(OC)ccc23)CN1. The van der Waals surface area contributed by atoms with Crippen molar-refractivity contribution in [3.63, 3.8) is 0 Å². The molecule has 3 heterocycles. The van der Waals surface area contributed by atoms with Crippen molar-refractivity contribution in [3.8, 4) is 22.2 Å². The van der Waals surface area contributed by atoms with Crippen LogP contribution in [0.2, 0.25) is 0 Å². The van der Waals surface area contributed by atoms with E-state index < -0.39 is 0 Å². The first-order valence-corrected chi connectivity index (χ1v) is 10.9. The van der Waals surface area contributed by atoms with Crippen molar-refractivity contribution in [2.75, 3.05) is 20.7 Å². The normalized spacial score (nSPS) is 18.7. The summed E-state index contributed by atoms with van der Waals surface area (Å²) in [5, 5.41) is 9.76. The molecule has 158 valence electrons. The largest absolute Gasteiger partial charge is 0.497 e. The zero-order valence-corrected chi connectivity index (χ0v) is 18.4. The van der Waals surface area contributed by atoms with Gasteiger partial charge >= 0.3 is 0 Å². The van der Waals surface area contributed by atoms with Gasteiger partial charge in [-0.1, -0.05) is 13.8 Å². The molecular formula is C22H26N4O3S. The molecule has 1 aliphatic rings. The molecule has 7 nitrogen and oxygen atoms in total. The number of aromatic nitrogens is 2. The second kappa shape index (κ2) is 8.57. The van der Waals surface area contributed by atoms with E-state index in [2.05, 4.69) is 29.9 Å². The first kappa shape index (κ1) is 20.6. The predicted molar refractivity (Wildman–Crippen MR) is 118 cm³/mol. The van der Waals surface area contributed by atoms with E-state index in [1.807, 2.05) is 24.3 Å². The molecule has 0 spiro atoms. The van der Waals surface area contributed by atoms with E-state index in [1.165, 1.54) is 0 Å². The second-order valence-electron chi connectivity index (χ2n) is 7.67. The summed E-state index contributed by atoms with van der Waals surface area (Å²) < 4.78 is 11.7. The number of carbonyl (C=O) groups is 1. The number of ether oxygens (including phenoxy) is 2. The van der Waals surface area contributed by atoms with E-state index >= 15 is 0 Å². The summed E-state index contributed by atoms with van der Waals surface area (Å²) in [6, 6.07) is 7.48. The molecule has 0 saturated carbocycles. The second-order valence-corrected chi connectivity index (χ2v) is 8.53. The first-order chi connectivity index (χ1) is 14.5. The van der Waals surface area contributed by atoms with Gasteiger partial charge in [0.25, 0.3) is 0 Å². The van der Waals surface area contributed by atoms with E-state index in [9.17, 15) is 4.79 Å². The minimum Gasteiger partial charge on any atom is -0.497 e. The molecule has 0 bridgehead atoms. The lowest BCUT2D eigenvalue weighted by molar-refractivity contribution is -0.122. The van der Waals surface area contributed by atoms with E-state index in [0.717, 1.165) is 38.8 Å². The van der Waals surface area contributed by atoms with Crippen LogP contribution in [0.4, 0.5) is 0 Å². The highest BCUT2D eigenvalue weighted by Gasteiger charge is 2.30. The summed E-state index contributed by atoms with van der Waals surface area (Å²) >= 11 is 1.58. The van der Waals surface area contributed by atoms with Gasteiger partial charge < -0.3 is 20.1 Å². The molecule has 2 atom stereocenters. The molecule has 0 aliphatic carbocycles. The molecule has 2 unspecified atom stereocenters. The number of nitrogens with one attached hydrogen (secondary N) is 2. The van der Waals surface area contributed by atoms with Crippen molar-refractivity contribution in [1.82, 2.24) is 20.6 Å². The van der Waals surface area contributed by atoms with E-state index in [0.29, 0.717) is 18.9 Å². The van der Waals surface area contributed by atoms with Gasteiger partial charge in [-0.2, -0.15) is 0 Å². The lowest BCUT2D eigenvalue weighted by Gasteiger charge is -2.16. The highest BCUT2D eigenvalue weighted by molar-refractivity contribution is 7.13. The first-order valence-electron chi connectivity index (χ1n) is 10.0. The van der Waals surface area contributed by atoms with Crippen molar-refractivity contribution < 1.29 is 14.3 Å². The highest BCUT2D eigenvalue weighted by atomic mass is 32.1. The summed E-state index contributed by atoms with van der Waals surface area (Å²) in [7, 11) is 3.29. The minimum absolute atomic E-state index is 0.0184. The van der Waals surface area contributed by atoms with Gasteiger partial charge in [0.2, 0.25) is 5.91 Å². The molecule has 2 N–H and O–H groups in total. The fourth-order valence-corrected chi connectivity index (χ4v) is 4.47. The number of rotatable bonds is 6. The van der Waals surface area contributed by atoms with Crippen molar-refractivity contribution in [2.45, 2.75) is 38.3 Å². The minimum atomic E-state index is -0.236. The maximum atomic E-state index is 11.9. The van der Waals surface area contributed by atoms with Crippen molar-refractivity contribution in [1.29, 1.82) is 0 Å². The molecule has 1 amide bonds. The molecule has 1 fully saturated rings. The van der Waals surface area contributed by atoms with Gasteiger partial charge in [0, 0.05) is 42.9 Å². The van der Waals surface area contributed by atoms with Gasteiger partial charge in [0.1, 0.15) is 28.3 Å². The van der Waals surface area contributed by atoms with Crippen LogP contribution in [-0.2, 0) is 4.79 Å². The zero-order chi connectivity index (χ0) is 21.3. The molecule has 1 saturated heterocycles. The monoisotopic (exact) mass is 426 g/mol. The summed E-state index contributed by atoms with van der Waals surface area (Å²) in [6.07, 6.45) is 0.513. The number of methoxy groups -OCH3 is 1. The molecular weight excluding hydrogens is 400 g/mol. The number of thiazole rings is 1. The van der Waals surface area contributed by atoms with Crippen LogP contribution in [-0.4, -0.2) is 48.7 Å². The number of likely N-dealkylation sites (N-methyl/N-ethyl adjacent to an activating group) is 1. The van der Waals surface area contributed by atoms with Crippen LogP contribution in [0.25, 0.3) is 21.6 Å². The number of carbonyl (C=O) groups excluding carboxylic acids is 1. The smallest absolute Gasteiger partial charge is 0.237 e. The number of amides is 1. The molecule has 0 radical (unpaired) electrons. The summed E-state index contributed by atoms with van der Waals surface area (Å²) in [5.74, 6) is 1.82. The Morgan fingerprint density at radius 3 is 2.83 bits per heavy atom. The highest BCUT2D eigenvalue weighted by Crippen LogP contribution is 2.35. The molecule has 4 rings (SSSR count). The number of benzene rings is 1. The Morgan fingerprint density at radius 2 is 2.13 bits per heavy atom. The van der Waals surface area contributed by atoms with Crippen LogP contribution >= 0.6 is 11.3 Å². The Balaban J connectivity index is 1.70. The zero-order valence-electron chi connectivity index (χ0n) is 17.6. The molecule has 1 aromatic carbocycles. The molecule has 30 heavy (non-hydrogen) atoms. The van der Waals surface area contributed by atoms with Crippen LogP contribution in [0.5, 0.6) is 11.5 Å². The van der Waals surface area contributed by atoms with Crippen LogP contribution in [0.1, 0.15) is 31.9 Å². The Kier molecular flexibility index (Phi) is 5.87. The molecule has 8 heteroatoms. The molecule has 1 aliphatic heterocycles. The van der Waals surface area contributed by atoms with Crippen LogP contribution in [0.15, 0.2) is 29.6 Å². The molecule has 2 aromatic heterocycles. The van der Waals surface area contributed by atoms with Gasteiger partial charge in [0.15, 0.2) is 0 Å².